The molecule has 0 aliphatic carbocycles. The van der Waals surface area contributed by atoms with Gasteiger partial charge in [0, 0.05) is 18.6 Å². The van der Waals surface area contributed by atoms with Gasteiger partial charge in [0.05, 0.1) is 28.9 Å². The number of hydrogen-bond acceptors (Lipinski definition) is 5. The molecule has 0 aromatic carbocycles. The Bertz CT molecular complexity index is 555. The summed E-state index contributed by atoms with van der Waals surface area (Å²) in [5.41, 5.74) is 1.66. The highest BCUT2D eigenvalue weighted by Crippen LogP contribution is 2.17. The lowest BCUT2D eigenvalue weighted by Gasteiger charge is -2.24. The number of amides is 1. The highest BCUT2D eigenvalue weighted by Gasteiger charge is 2.19. The van der Waals surface area contributed by atoms with E-state index in [1.165, 1.54) is 6.33 Å². The molecule has 100 valence electrons. The van der Waals surface area contributed by atoms with Crippen LogP contribution in [-0.2, 0) is 11.2 Å². The summed E-state index contributed by atoms with van der Waals surface area (Å²) in [6, 6.07) is 1.75. The molecule has 0 aliphatic rings. The van der Waals surface area contributed by atoms with Gasteiger partial charge in [-0.3, -0.25) is 4.79 Å². The third-order valence-electron chi connectivity index (χ3n) is 3.01. The number of thiazole rings is 1. The van der Waals surface area contributed by atoms with Crippen molar-refractivity contribution in [2.75, 3.05) is 7.05 Å². The van der Waals surface area contributed by atoms with Gasteiger partial charge in [0.1, 0.15) is 6.33 Å². The Labute approximate surface area is 116 Å². The average Bonchev–Trinajstić information content (AvgIpc) is 2.83. The van der Waals surface area contributed by atoms with Gasteiger partial charge in [-0.15, -0.1) is 11.3 Å². The highest BCUT2D eigenvalue weighted by atomic mass is 32.1. The first-order chi connectivity index (χ1) is 9.08. The van der Waals surface area contributed by atoms with E-state index in [0.29, 0.717) is 6.42 Å². The Morgan fingerprint density at radius 2 is 2.32 bits per heavy atom. The number of aromatic nitrogens is 3. The molecule has 0 N–H and O–H groups in total. The largest absolute Gasteiger partial charge is 0.337 e. The number of nitrogens with zero attached hydrogens (tertiary/aromatic N) is 4. The van der Waals surface area contributed by atoms with Gasteiger partial charge >= 0.3 is 0 Å². The van der Waals surface area contributed by atoms with E-state index in [1.54, 1.807) is 29.5 Å². The highest BCUT2D eigenvalue weighted by molar-refractivity contribution is 7.09. The first-order valence-electron chi connectivity index (χ1n) is 6.00. The molecule has 0 unspecified atom stereocenters. The molecule has 19 heavy (non-hydrogen) atoms. The summed E-state index contributed by atoms with van der Waals surface area (Å²) in [6.45, 7) is 3.89. The predicted octanol–water partition coefficient (Wildman–Crippen LogP) is 2.00. The lowest BCUT2D eigenvalue weighted by Crippen LogP contribution is -2.31. The van der Waals surface area contributed by atoms with E-state index in [4.69, 9.17) is 0 Å². The zero-order valence-electron chi connectivity index (χ0n) is 11.2. The molecule has 0 spiro atoms. The Morgan fingerprint density at radius 3 is 2.89 bits per heavy atom. The number of carbonyl (C=O) groups is 1. The van der Waals surface area contributed by atoms with Crippen LogP contribution in [0, 0.1) is 6.92 Å². The maximum atomic E-state index is 12.2. The van der Waals surface area contributed by atoms with Gasteiger partial charge in [0.15, 0.2) is 0 Å². The van der Waals surface area contributed by atoms with Crippen LogP contribution in [0.4, 0.5) is 0 Å². The minimum atomic E-state index is -0.0739. The van der Waals surface area contributed by atoms with E-state index in [-0.39, 0.29) is 11.9 Å². The zero-order valence-corrected chi connectivity index (χ0v) is 12.0. The molecule has 5 nitrogen and oxygen atoms in total. The van der Waals surface area contributed by atoms with Crippen LogP contribution >= 0.6 is 11.3 Å². The monoisotopic (exact) mass is 276 g/mol. The Morgan fingerprint density at radius 1 is 1.53 bits per heavy atom. The van der Waals surface area contributed by atoms with Crippen molar-refractivity contribution in [1.29, 1.82) is 0 Å². The van der Waals surface area contributed by atoms with E-state index >= 15 is 0 Å². The number of carbonyl (C=O) groups excluding carboxylic acids is 1. The third kappa shape index (κ3) is 3.35. The molecule has 2 heterocycles. The molecule has 0 bridgehead atoms. The number of aryl methyl sites for hydroxylation is 1. The van der Waals surface area contributed by atoms with Crippen molar-refractivity contribution in [1.82, 2.24) is 19.9 Å². The van der Waals surface area contributed by atoms with Crippen LogP contribution in [0.1, 0.15) is 29.4 Å². The average molecular weight is 276 g/mol. The summed E-state index contributed by atoms with van der Waals surface area (Å²) in [7, 11) is 1.79. The first kappa shape index (κ1) is 13.6. The van der Waals surface area contributed by atoms with Gasteiger partial charge in [0.2, 0.25) is 5.91 Å². The van der Waals surface area contributed by atoms with Gasteiger partial charge in [-0.2, -0.15) is 0 Å². The molecule has 0 radical (unpaired) electrons. The second-order valence-electron chi connectivity index (χ2n) is 4.35. The Kier molecular flexibility index (Phi) is 4.21. The minimum absolute atomic E-state index is 0.0383. The predicted molar refractivity (Wildman–Crippen MR) is 73.8 cm³/mol. The maximum absolute atomic E-state index is 12.2. The minimum Gasteiger partial charge on any atom is -0.337 e. The molecule has 2 rings (SSSR count). The SMILES string of the molecule is Cc1nc(CC(=O)N(C)[C@H](C)c2ccncn2)cs1. The molecule has 1 amide bonds. The summed E-state index contributed by atoms with van der Waals surface area (Å²) in [5.74, 6) is 0.0383. The molecule has 0 aliphatic heterocycles. The number of likely N-dealkylation sites (N-methyl/N-ethyl adjacent to an activating group) is 1. The van der Waals surface area contributed by atoms with Crippen molar-refractivity contribution in [2.45, 2.75) is 26.3 Å². The molecule has 2 aromatic heterocycles. The van der Waals surface area contributed by atoms with Gasteiger partial charge in [0.25, 0.3) is 0 Å². The fraction of sp³-hybridized carbons (Fsp3) is 0.385. The van der Waals surface area contributed by atoms with Crippen molar-refractivity contribution < 1.29 is 4.79 Å². The molecule has 2 aromatic rings. The molecular formula is C13H16N4OS. The summed E-state index contributed by atoms with van der Waals surface area (Å²) < 4.78 is 0. The third-order valence-corrected chi connectivity index (χ3v) is 3.83. The van der Waals surface area contributed by atoms with Crippen LogP contribution in [0.15, 0.2) is 24.0 Å². The zero-order chi connectivity index (χ0) is 13.8. The van der Waals surface area contributed by atoms with E-state index < -0.39 is 0 Å². The lowest BCUT2D eigenvalue weighted by molar-refractivity contribution is -0.131. The van der Waals surface area contributed by atoms with Crippen molar-refractivity contribution in [3.63, 3.8) is 0 Å². The normalized spacial score (nSPS) is 12.2. The van der Waals surface area contributed by atoms with E-state index in [2.05, 4.69) is 15.0 Å². The van der Waals surface area contributed by atoms with E-state index in [9.17, 15) is 4.79 Å². The lowest BCUT2D eigenvalue weighted by atomic mass is 10.2. The summed E-state index contributed by atoms with van der Waals surface area (Å²) in [4.78, 5) is 26.2. The molecule has 0 fully saturated rings. The fourth-order valence-electron chi connectivity index (χ4n) is 1.73. The molecule has 6 heteroatoms. The van der Waals surface area contributed by atoms with Crippen molar-refractivity contribution in [3.8, 4) is 0 Å². The van der Waals surface area contributed by atoms with Crippen molar-refractivity contribution in [2.24, 2.45) is 0 Å². The van der Waals surface area contributed by atoms with Gasteiger partial charge < -0.3 is 4.90 Å². The van der Waals surface area contributed by atoms with Gasteiger partial charge in [-0.05, 0) is 19.9 Å². The molecule has 1 atom stereocenters. The molecule has 0 saturated heterocycles. The van der Waals surface area contributed by atoms with Crippen LogP contribution in [0.3, 0.4) is 0 Å². The van der Waals surface area contributed by atoms with Crippen molar-refractivity contribution >= 4 is 17.2 Å². The van der Waals surface area contributed by atoms with E-state index in [1.807, 2.05) is 25.3 Å². The van der Waals surface area contributed by atoms with E-state index in [0.717, 1.165) is 16.4 Å². The number of hydrogen-bond donors (Lipinski definition) is 0. The first-order valence-corrected chi connectivity index (χ1v) is 6.88. The number of rotatable bonds is 4. The Hall–Kier alpha value is -1.82. The quantitative estimate of drug-likeness (QED) is 0.857. The fourth-order valence-corrected chi connectivity index (χ4v) is 2.34. The second kappa shape index (κ2) is 5.88. The Balaban J connectivity index is 2.03. The second-order valence-corrected chi connectivity index (χ2v) is 5.41. The molecular weight excluding hydrogens is 260 g/mol. The van der Waals surface area contributed by atoms with Crippen LogP contribution < -0.4 is 0 Å². The van der Waals surface area contributed by atoms with Crippen LogP contribution in [0.5, 0.6) is 0 Å². The summed E-state index contributed by atoms with van der Waals surface area (Å²) in [6.07, 6.45) is 3.51. The van der Waals surface area contributed by atoms with Gasteiger partial charge in [-0.25, -0.2) is 15.0 Å². The standard InChI is InChI=1S/C13H16N4OS/c1-9(12-4-5-14-8-15-12)17(3)13(18)6-11-7-19-10(2)16-11/h4-5,7-9H,6H2,1-3H3/t9-/m1/s1. The smallest absolute Gasteiger partial charge is 0.228 e. The van der Waals surface area contributed by atoms with Crippen LogP contribution in [0.2, 0.25) is 0 Å². The molecule has 0 saturated carbocycles. The topological polar surface area (TPSA) is 59.0 Å². The van der Waals surface area contributed by atoms with Gasteiger partial charge in [-0.1, -0.05) is 0 Å². The maximum Gasteiger partial charge on any atom is 0.228 e. The summed E-state index contributed by atoms with van der Waals surface area (Å²) >= 11 is 1.56. The van der Waals surface area contributed by atoms with Crippen molar-refractivity contribution in [3.05, 3.63) is 40.4 Å². The van der Waals surface area contributed by atoms with Crippen LogP contribution in [0.25, 0.3) is 0 Å². The summed E-state index contributed by atoms with van der Waals surface area (Å²) in [5, 5.41) is 2.91. The van der Waals surface area contributed by atoms with Crippen LogP contribution in [-0.4, -0.2) is 32.8 Å².